The average Bonchev–Trinajstić information content (AvgIpc) is 3.06. The third kappa shape index (κ3) is 3.10. The molecule has 1 amide bonds. The first-order valence-corrected chi connectivity index (χ1v) is 6.61. The lowest BCUT2D eigenvalue weighted by Crippen LogP contribution is -2.31. The summed E-state index contributed by atoms with van der Waals surface area (Å²) in [7, 11) is 0. The number of benzene rings is 1. The zero-order valence-corrected chi connectivity index (χ0v) is 11.3. The lowest BCUT2D eigenvalue weighted by Gasteiger charge is -2.15. The van der Waals surface area contributed by atoms with E-state index in [4.69, 9.17) is 5.73 Å². The summed E-state index contributed by atoms with van der Waals surface area (Å²) >= 11 is 0. The molecular formula is C15H22N2O. The van der Waals surface area contributed by atoms with Gasteiger partial charge in [0.2, 0.25) is 0 Å². The molecule has 0 aliphatic heterocycles. The van der Waals surface area contributed by atoms with Gasteiger partial charge in [-0.2, -0.15) is 0 Å². The third-order valence-electron chi connectivity index (χ3n) is 3.74. The molecule has 0 heterocycles. The summed E-state index contributed by atoms with van der Waals surface area (Å²) in [5.41, 5.74) is 8.91. The number of nitrogens with two attached hydrogens (primary N) is 1. The lowest BCUT2D eigenvalue weighted by molar-refractivity contribution is 0.0944. The molecule has 3 N–H and O–H groups in total. The van der Waals surface area contributed by atoms with Crippen LogP contribution in [0.1, 0.15) is 40.7 Å². The van der Waals surface area contributed by atoms with Crippen molar-refractivity contribution >= 4 is 5.91 Å². The van der Waals surface area contributed by atoms with Gasteiger partial charge in [0.1, 0.15) is 0 Å². The van der Waals surface area contributed by atoms with Crippen LogP contribution in [0.15, 0.2) is 18.2 Å². The molecule has 1 aromatic carbocycles. The lowest BCUT2D eigenvalue weighted by atomic mass is 10.0. The number of carbonyl (C=O) groups excluding carboxylic acids is 1. The third-order valence-corrected chi connectivity index (χ3v) is 3.74. The van der Waals surface area contributed by atoms with Crippen LogP contribution in [-0.4, -0.2) is 19.0 Å². The van der Waals surface area contributed by atoms with E-state index in [9.17, 15) is 4.79 Å². The number of nitrogens with one attached hydrogen (secondary N) is 1. The Kier molecular flexibility index (Phi) is 3.71. The molecule has 0 unspecified atom stereocenters. The van der Waals surface area contributed by atoms with Gasteiger partial charge in [-0.05, 0) is 57.2 Å². The standard InChI is InChI=1S/C15H22N2O/c1-11-7-12(2)9-13(8-11)14(18)17-10-15(3-4-15)5-6-16/h7-9H,3-6,10,16H2,1-2H3,(H,17,18). The van der Waals surface area contributed by atoms with Gasteiger partial charge >= 0.3 is 0 Å². The fraction of sp³-hybridized carbons (Fsp3) is 0.533. The van der Waals surface area contributed by atoms with Crippen molar-refractivity contribution in [1.29, 1.82) is 0 Å². The fourth-order valence-electron chi connectivity index (χ4n) is 2.47. The van der Waals surface area contributed by atoms with Crippen LogP contribution in [0.25, 0.3) is 0 Å². The van der Waals surface area contributed by atoms with Gasteiger partial charge in [-0.25, -0.2) is 0 Å². The van der Waals surface area contributed by atoms with Gasteiger partial charge in [-0.3, -0.25) is 4.79 Å². The summed E-state index contributed by atoms with van der Waals surface area (Å²) < 4.78 is 0. The number of amides is 1. The van der Waals surface area contributed by atoms with Crippen molar-refractivity contribution in [3.05, 3.63) is 34.9 Å². The van der Waals surface area contributed by atoms with Gasteiger partial charge in [0.25, 0.3) is 5.91 Å². The van der Waals surface area contributed by atoms with E-state index in [1.165, 1.54) is 12.8 Å². The van der Waals surface area contributed by atoms with Crippen molar-refractivity contribution in [2.75, 3.05) is 13.1 Å². The molecular weight excluding hydrogens is 224 g/mol. The number of hydrogen-bond acceptors (Lipinski definition) is 2. The maximum Gasteiger partial charge on any atom is 0.251 e. The largest absolute Gasteiger partial charge is 0.351 e. The Bertz CT molecular complexity index is 430. The highest BCUT2D eigenvalue weighted by molar-refractivity contribution is 5.94. The van der Waals surface area contributed by atoms with E-state index < -0.39 is 0 Å². The monoisotopic (exact) mass is 246 g/mol. The Labute approximate surface area is 109 Å². The maximum absolute atomic E-state index is 12.1. The van der Waals surface area contributed by atoms with Gasteiger partial charge in [0.15, 0.2) is 0 Å². The Hall–Kier alpha value is -1.35. The predicted molar refractivity (Wildman–Crippen MR) is 73.6 cm³/mol. The summed E-state index contributed by atoms with van der Waals surface area (Å²) in [6.45, 7) is 5.50. The van der Waals surface area contributed by atoms with Crippen LogP contribution in [-0.2, 0) is 0 Å². The molecule has 3 nitrogen and oxygen atoms in total. The Balaban J connectivity index is 1.95. The van der Waals surface area contributed by atoms with E-state index >= 15 is 0 Å². The van der Waals surface area contributed by atoms with E-state index in [0.29, 0.717) is 12.0 Å². The molecule has 1 aliphatic rings. The van der Waals surface area contributed by atoms with Crippen LogP contribution in [0.4, 0.5) is 0 Å². The molecule has 98 valence electrons. The minimum absolute atomic E-state index is 0.0325. The van der Waals surface area contributed by atoms with E-state index in [-0.39, 0.29) is 5.91 Å². The molecule has 1 fully saturated rings. The Morgan fingerprint density at radius 2 is 1.89 bits per heavy atom. The second kappa shape index (κ2) is 5.11. The first-order valence-electron chi connectivity index (χ1n) is 6.61. The quantitative estimate of drug-likeness (QED) is 0.836. The number of rotatable bonds is 5. The molecule has 1 aliphatic carbocycles. The minimum atomic E-state index is 0.0325. The van der Waals surface area contributed by atoms with Crippen LogP contribution >= 0.6 is 0 Å². The van der Waals surface area contributed by atoms with Gasteiger partial charge < -0.3 is 11.1 Å². The topological polar surface area (TPSA) is 55.1 Å². The Morgan fingerprint density at radius 1 is 1.28 bits per heavy atom. The summed E-state index contributed by atoms with van der Waals surface area (Å²) in [5.74, 6) is 0.0325. The van der Waals surface area contributed by atoms with Crippen LogP contribution in [0.2, 0.25) is 0 Å². The number of hydrogen-bond donors (Lipinski definition) is 2. The van der Waals surface area contributed by atoms with E-state index in [0.717, 1.165) is 29.7 Å². The van der Waals surface area contributed by atoms with Crippen LogP contribution in [0.5, 0.6) is 0 Å². The molecule has 18 heavy (non-hydrogen) atoms. The van der Waals surface area contributed by atoms with Crippen molar-refractivity contribution < 1.29 is 4.79 Å². The summed E-state index contributed by atoms with van der Waals surface area (Å²) in [5, 5.41) is 3.05. The summed E-state index contributed by atoms with van der Waals surface area (Å²) in [6.07, 6.45) is 3.40. The van der Waals surface area contributed by atoms with Crippen LogP contribution in [0.3, 0.4) is 0 Å². The van der Waals surface area contributed by atoms with Crippen molar-refractivity contribution in [3.8, 4) is 0 Å². The normalized spacial score (nSPS) is 16.4. The smallest absolute Gasteiger partial charge is 0.251 e. The predicted octanol–water partition coefficient (Wildman–Crippen LogP) is 2.16. The Morgan fingerprint density at radius 3 is 2.39 bits per heavy atom. The van der Waals surface area contributed by atoms with E-state index in [2.05, 4.69) is 11.4 Å². The zero-order valence-electron chi connectivity index (χ0n) is 11.3. The van der Waals surface area contributed by atoms with E-state index in [1.54, 1.807) is 0 Å². The highest BCUT2D eigenvalue weighted by atomic mass is 16.1. The summed E-state index contributed by atoms with van der Waals surface area (Å²) in [6, 6.07) is 5.95. The van der Waals surface area contributed by atoms with Gasteiger partial charge in [-0.15, -0.1) is 0 Å². The van der Waals surface area contributed by atoms with Crippen LogP contribution in [0, 0.1) is 19.3 Å². The second-order valence-electron chi connectivity index (χ2n) is 5.60. The molecule has 3 heteroatoms. The average molecular weight is 246 g/mol. The molecule has 1 saturated carbocycles. The molecule has 0 radical (unpaired) electrons. The van der Waals surface area contributed by atoms with Gasteiger partial charge in [-0.1, -0.05) is 17.2 Å². The second-order valence-corrected chi connectivity index (χ2v) is 5.60. The summed E-state index contributed by atoms with van der Waals surface area (Å²) in [4.78, 5) is 12.1. The zero-order chi connectivity index (χ0) is 13.2. The minimum Gasteiger partial charge on any atom is -0.351 e. The van der Waals surface area contributed by atoms with Crippen LogP contribution < -0.4 is 11.1 Å². The van der Waals surface area contributed by atoms with Crippen molar-refractivity contribution in [3.63, 3.8) is 0 Å². The molecule has 0 spiro atoms. The molecule has 2 rings (SSSR count). The first kappa shape index (κ1) is 13.1. The fourth-order valence-corrected chi connectivity index (χ4v) is 2.47. The van der Waals surface area contributed by atoms with Gasteiger partial charge in [0.05, 0.1) is 0 Å². The highest BCUT2D eigenvalue weighted by Gasteiger charge is 2.41. The molecule has 1 aromatic rings. The molecule has 0 bridgehead atoms. The van der Waals surface area contributed by atoms with Crippen molar-refractivity contribution in [2.45, 2.75) is 33.1 Å². The molecule has 0 saturated heterocycles. The van der Waals surface area contributed by atoms with Crippen molar-refractivity contribution in [2.24, 2.45) is 11.1 Å². The highest BCUT2D eigenvalue weighted by Crippen LogP contribution is 2.47. The first-order chi connectivity index (χ1) is 8.54. The van der Waals surface area contributed by atoms with E-state index in [1.807, 2.05) is 26.0 Å². The molecule has 0 atom stereocenters. The maximum atomic E-state index is 12.1. The number of carbonyl (C=O) groups is 1. The van der Waals surface area contributed by atoms with Gasteiger partial charge in [0, 0.05) is 12.1 Å². The number of aryl methyl sites for hydroxylation is 2. The van der Waals surface area contributed by atoms with Crippen molar-refractivity contribution in [1.82, 2.24) is 5.32 Å². The SMILES string of the molecule is Cc1cc(C)cc(C(=O)NCC2(CCN)CC2)c1. The molecule has 0 aromatic heterocycles.